The largest absolute Gasteiger partial charge is 0.453 e. The number of hydrogen-bond acceptors (Lipinski definition) is 3. The van der Waals surface area contributed by atoms with Gasteiger partial charge >= 0.3 is 0 Å². The normalized spacial score (nSPS) is 12.8. The molecule has 8 aromatic carbocycles. The summed E-state index contributed by atoms with van der Waals surface area (Å²) in [5, 5.41) is 13.0. The lowest BCUT2D eigenvalue weighted by atomic mass is 9.91. The van der Waals surface area contributed by atoms with Crippen LogP contribution in [0.2, 0.25) is 0 Å². The van der Waals surface area contributed by atoms with Crippen LogP contribution >= 0.6 is 11.3 Å². The van der Waals surface area contributed by atoms with E-state index in [1.807, 2.05) is 35.6 Å². The summed E-state index contributed by atoms with van der Waals surface area (Å²) in [5.41, 5.74) is 3.21. The Hall–Kier alpha value is -5.38. The highest BCUT2D eigenvalue weighted by molar-refractivity contribution is 7.27. The van der Waals surface area contributed by atoms with Gasteiger partial charge in [0.2, 0.25) is 0 Å². The highest BCUT2D eigenvalue weighted by Gasteiger charge is 2.26. The van der Waals surface area contributed by atoms with Crippen molar-refractivity contribution >= 4 is 91.7 Å². The van der Waals surface area contributed by atoms with E-state index in [0.29, 0.717) is 0 Å². The molecule has 0 unspecified atom stereocenters. The molecule has 1 aliphatic heterocycles. The van der Waals surface area contributed by atoms with E-state index >= 15 is 0 Å². The SMILES string of the molecule is c1ccc2c(c1)Oc1ccccc1N2c1ccc2c(c1)c1ccccc1c1ccc3sc4c5ccccc5ccc4c3c12. The van der Waals surface area contributed by atoms with E-state index in [0.717, 1.165) is 28.6 Å². The molecule has 0 fully saturated rings. The number of para-hydroxylation sites is 4. The van der Waals surface area contributed by atoms with E-state index in [2.05, 4.69) is 120 Å². The summed E-state index contributed by atoms with van der Waals surface area (Å²) in [6.07, 6.45) is 0. The van der Waals surface area contributed by atoms with E-state index in [1.165, 1.54) is 63.3 Å². The average Bonchev–Trinajstić information content (AvgIpc) is 3.46. The second-order valence-electron chi connectivity index (χ2n) is 11.3. The van der Waals surface area contributed by atoms with Crippen LogP contribution in [0.1, 0.15) is 0 Å². The molecule has 0 radical (unpaired) electrons. The Morgan fingerprint density at radius 1 is 0.442 bits per heavy atom. The lowest BCUT2D eigenvalue weighted by molar-refractivity contribution is 0.477. The van der Waals surface area contributed by atoms with E-state index < -0.39 is 0 Å². The predicted molar refractivity (Wildman–Crippen MR) is 184 cm³/mol. The van der Waals surface area contributed by atoms with Crippen molar-refractivity contribution in [2.24, 2.45) is 0 Å². The minimum atomic E-state index is 0.864. The Labute approximate surface area is 251 Å². The van der Waals surface area contributed by atoms with Gasteiger partial charge in [-0.25, -0.2) is 0 Å². The summed E-state index contributed by atoms with van der Waals surface area (Å²) in [5.74, 6) is 1.73. The Balaban J connectivity index is 1.34. The van der Waals surface area contributed by atoms with Gasteiger partial charge in [-0.3, -0.25) is 0 Å². The van der Waals surface area contributed by atoms with Crippen molar-refractivity contribution in [1.29, 1.82) is 0 Å². The van der Waals surface area contributed by atoms with Gasteiger partial charge in [0.25, 0.3) is 0 Å². The molecule has 1 aromatic heterocycles. The highest BCUT2D eigenvalue weighted by Crippen LogP contribution is 2.52. The number of thiophene rings is 1. The number of hydrogen-bond donors (Lipinski definition) is 0. The van der Waals surface area contributed by atoms with Crippen LogP contribution < -0.4 is 9.64 Å². The van der Waals surface area contributed by atoms with Crippen LogP contribution in [-0.4, -0.2) is 0 Å². The molecule has 0 atom stereocenters. The van der Waals surface area contributed by atoms with Gasteiger partial charge < -0.3 is 9.64 Å². The second-order valence-corrected chi connectivity index (χ2v) is 12.3. The van der Waals surface area contributed by atoms with Gasteiger partial charge in [0.1, 0.15) is 0 Å². The van der Waals surface area contributed by atoms with Crippen molar-refractivity contribution in [3.05, 3.63) is 140 Å². The van der Waals surface area contributed by atoms with Gasteiger partial charge in [0.05, 0.1) is 11.4 Å². The molecule has 10 rings (SSSR count). The fourth-order valence-electron chi connectivity index (χ4n) is 7.15. The number of fused-ring (bicyclic) bond motifs is 14. The minimum absolute atomic E-state index is 0.864. The lowest BCUT2D eigenvalue weighted by Crippen LogP contribution is -2.15. The van der Waals surface area contributed by atoms with Crippen molar-refractivity contribution in [2.45, 2.75) is 0 Å². The van der Waals surface area contributed by atoms with Gasteiger partial charge in [-0.05, 0) is 85.6 Å². The molecule has 0 bridgehead atoms. The fourth-order valence-corrected chi connectivity index (χ4v) is 8.39. The summed E-state index contributed by atoms with van der Waals surface area (Å²) in [7, 11) is 0. The third kappa shape index (κ3) is 3.17. The maximum absolute atomic E-state index is 6.31. The third-order valence-electron chi connectivity index (χ3n) is 9.00. The lowest BCUT2D eigenvalue weighted by Gasteiger charge is -2.33. The summed E-state index contributed by atoms with van der Waals surface area (Å²) < 4.78 is 9.01. The zero-order valence-corrected chi connectivity index (χ0v) is 23.9. The molecule has 2 nitrogen and oxygen atoms in total. The zero-order chi connectivity index (χ0) is 28.1. The van der Waals surface area contributed by atoms with Crippen LogP contribution in [0.15, 0.2) is 140 Å². The molecule has 43 heavy (non-hydrogen) atoms. The molecule has 200 valence electrons. The van der Waals surface area contributed by atoms with Crippen LogP contribution in [0, 0.1) is 0 Å². The van der Waals surface area contributed by atoms with Gasteiger partial charge in [-0.1, -0.05) is 97.1 Å². The Morgan fingerprint density at radius 2 is 1.05 bits per heavy atom. The highest BCUT2D eigenvalue weighted by atomic mass is 32.1. The van der Waals surface area contributed by atoms with Crippen LogP contribution in [0.25, 0.3) is 63.3 Å². The quantitative estimate of drug-likeness (QED) is 0.184. The molecular formula is C40H23NOS. The summed E-state index contributed by atoms with van der Waals surface area (Å²) in [6, 6.07) is 50.4. The average molecular weight is 566 g/mol. The fraction of sp³-hybridized carbons (Fsp3) is 0. The minimum Gasteiger partial charge on any atom is -0.453 e. The first-order chi connectivity index (χ1) is 21.3. The van der Waals surface area contributed by atoms with Crippen LogP contribution in [0.4, 0.5) is 17.1 Å². The summed E-state index contributed by atoms with van der Waals surface area (Å²) in [4.78, 5) is 2.33. The maximum atomic E-state index is 6.31. The molecule has 0 N–H and O–H groups in total. The molecule has 9 aromatic rings. The van der Waals surface area contributed by atoms with Crippen molar-refractivity contribution in [3.63, 3.8) is 0 Å². The van der Waals surface area contributed by atoms with E-state index in [1.54, 1.807) is 0 Å². The number of benzene rings is 8. The molecule has 0 amide bonds. The van der Waals surface area contributed by atoms with E-state index in [-0.39, 0.29) is 0 Å². The van der Waals surface area contributed by atoms with E-state index in [9.17, 15) is 0 Å². The summed E-state index contributed by atoms with van der Waals surface area (Å²) in [6.45, 7) is 0. The number of ether oxygens (including phenoxy) is 1. The molecule has 0 saturated carbocycles. The topological polar surface area (TPSA) is 12.5 Å². The van der Waals surface area contributed by atoms with Gasteiger partial charge in [0.15, 0.2) is 11.5 Å². The van der Waals surface area contributed by atoms with Gasteiger partial charge in [-0.15, -0.1) is 11.3 Å². The third-order valence-corrected chi connectivity index (χ3v) is 10.2. The van der Waals surface area contributed by atoms with Crippen molar-refractivity contribution in [2.75, 3.05) is 4.90 Å². The molecule has 0 saturated heterocycles. The Kier molecular flexibility index (Phi) is 4.63. The van der Waals surface area contributed by atoms with Crippen molar-refractivity contribution in [3.8, 4) is 11.5 Å². The number of nitrogens with zero attached hydrogens (tertiary/aromatic N) is 1. The molecule has 3 heteroatoms. The second kappa shape index (κ2) is 8.57. The predicted octanol–water partition coefficient (Wildman–Crippen LogP) is 12.2. The zero-order valence-electron chi connectivity index (χ0n) is 23.0. The van der Waals surface area contributed by atoms with Crippen molar-refractivity contribution in [1.82, 2.24) is 0 Å². The Morgan fingerprint density at radius 3 is 1.84 bits per heavy atom. The molecule has 0 aliphatic carbocycles. The maximum Gasteiger partial charge on any atom is 0.151 e. The number of anilines is 3. The smallest absolute Gasteiger partial charge is 0.151 e. The van der Waals surface area contributed by atoms with Gasteiger partial charge in [-0.2, -0.15) is 0 Å². The molecular weight excluding hydrogens is 543 g/mol. The van der Waals surface area contributed by atoms with Crippen LogP contribution in [0.3, 0.4) is 0 Å². The van der Waals surface area contributed by atoms with E-state index in [4.69, 9.17) is 4.74 Å². The van der Waals surface area contributed by atoms with Crippen LogP contribution in [-0.2, 0) is 0 Å². The monoisotopic (exact) mass is 565 g/mol. The van der Waals surface area contributed by atoms with Crippen LogP contribution in [0.5, 0.6) is 11.5 Å². The molecule has 1 aliphatic rings. The van der Waals surface area contributed by atoms with Gasteiger partial charge in [0, 0.05) is 25.9 Å². The Bertz CT molecular complexity index is 2570. The first-order valence-electron chi connectivity index (χ1n) is 14.6. The first-order valence-corrected chi connectivity index (χ1v) is 15.4. The summed E-state index contributed by atoms with van der Waals surface area (Å²) >= 11 is 1.91. The molecule has 2 heterocycles. The molecule has 0 spiro atoms. The van der Waals surface area contributed by atoms with Crippen molar-refractivity contribution < 1.29 is 4.74 Å². The number of rotatable bonds is 1. The standard InChI is InChI=1S/C40H23NOS/c1-2-10-26-24(9-1)17-19-31-39-37(43-40(26)31)22-21-29-27-11-3-4-12-28(27)32-23-25(18-20-30(32)38(29)39)41-33-13-5-7-15-35(33)42-36-16-8-6-14-34(36)41/h1-23H. The first kappa shape index (κ1) is 23.2.